The van der Waals surface area contributed by atoms with E-state index < -0.39 is 11.5 Å². The van der Waals surface area contributed by atoms with Crippen LogP contribution in [0.3, 0.4) is 0 Å². The van der Waals surface area contributed by atoms with Gasteiger partial charge in [0.2, 0.25) is 0 Å². The lowest BCUT2D eigenvalue weighted by molar-refractivity contribution is -0.136. The maximum atomic E-state index is 13.6. The third-order valence-corrected chi connectivity index (χ3v) is 7.21. The molecule has 3 aromatic carbocycles. The SMILES string of the molecule is CC(C)(C)c1ccc(C(=O)C[C@]2(O)C(=O)N(Cc3ccc(Cl)cc3Cl)c3ccc(Br)cc32)cc1. The Hall–Kier alpha value is -2.18. The molecule has 1 amide bonds. The number of aliphatic hydroxyl groups is 1. The van der Waals surface area contributed by atoms with Gasteiger partial charge >= 0.3 is 0 Å². The Morgan fingerprint density at radius 1 is 1.03 bits per heavy atom. The summed E-state index contributed by atoms with van der Waals surface area (Å²) >= 11 is 15.8. The minimum Gasteiger partial charge on any atom is -0.375 e. The van der Waals surface area contributed by atoms with Crippen molar-refractivity contribution in [3.05, 3.63) is 97.4 Å². The average Bonchev–Trinajstić information content (AvgIpc) is 2.96. The van der Waals surface area contributed by atoms with Gasteiger partial charge in [0.25, 0.3) is 5.91 Å². The molecule has 0 saturated heterocycles. The Bertz CT molecular complexity index is 1280. The van der Waals surface area contributed by atoms with Crippen molar-refractivity contribution < 1.29 is 14.7 Å². The Labute approximate surface area is 217 Å². The lowest BCUT2D eigenvalue weighted by Gasteiger charge is -2.23. The Morgan fingerprint density at radius 2 is 1.71 bits per heavy atom. The quantitative estimate of drug-likeness (QED) is 0.340. The molecule has 0 bridgehead atoms. The third kappa shape index (κ3) is 4.67. The Balaban J connectivity index is 1.67. The molecule has 0 unspecified atom stereocenters. The van der Waals surface area contributed by atoms with Crippen molar-refractivity contribution in [3.63, 3.8) is 0 Å². The predicted molar refractivity (Wildman–Crippen MR) is 140 cm³/mol. The molecule has 4 rings (SSSR count). The number of ketones is 1. The van der Waals surface area contributed by atoms with Crippen LogP contribution in [-0.4, -0.2) is 16.8 Å². The summed E-state index contributed by atoms with van der Waals surface area (Å²) in [6, 6.07) is 17.6. The molecule has 0 aromatic heterocycles. The molecule has 0 radical (unpaired) electrons. The molecular formula is C27H24BrCl2NO3. The van der Waals surface area contributed by atoms with Gasteiger partial charge in [-0.2, -0.15) is 0 Å². The van der Waals surface area contributed by atoms with E-state index in [2.05, 4.69) is 36.7 Å². The zero-order chi connectivity index (χ0) is 24.8. The van der Waals surface area contributed by atoms with Crippen LogP contribution in [0.25, 0.3) is 0 Å². The van der Waals surface area contributed by atoms with E-state index in [9.17, 15) is 14.7 Å². The van der Waals surface area contributed by atoms with Crippen LogP contribution in [0.15, 0.2) is 65.1 Å². The number of fused-ring (bicyclic) bond motifs is 1. The number of carbonyl (C=O) groups is 2. The van der Waals surface area contributed by atoms with Gasteiger partial charge in [0.1, 0.15) is 0 Å². The van der Waals surface area contributed by atoms with Gasteiger partial charge in [0, 0.05) is 25.6 Å². The molecule has 4 nitrogen and oxygen atoms in total. The van der Waals surface area contributed by atoms with Crippen LogP contribution in [0.1, 0.15) is 54.2 Å². The lowest BCUT2D eigenvalue weighted by Crippen LogP contribution is -2.41. The monoisotopic (exact) mass is 559 g/mol. The van der Waals surface area contributed by atoms with E-state index in [0.717, 1.165) is 5.56 Å². The second-order valence-electron chi connectivity index (χ2n) is 9.58. The molecule has 0 fully saturated rings. The van der Waals surface area contributed by atoms with E-state index >= 15 is 0 Å². The number of hydrogen-bond acceptors (Lipinski definition) is 3. The van der Waals surface area contributed by atoms with Crippen LogP contribution in [0.4, 0.5) is 5.69 Å². The van der Waals surface area contributed by atoms with Crippen LogP contribution >= 0.6 is 39.1 Å². The minimum atomic E-state index is -1.99. The number of hydrogen-bond donors (Lipinski definition) is 1. The first-order valence-corrected chi connectivity index (χ1v) is 12.4. The molecule has 1 N–H and O–H groups in total. The highest BCUT2D eigenvalue weighted by molar-refractivity contribution is 9.10. The van der Waals surface area contributed by atoms with Gasteiger partial charge < -0.3 is 10.0 Å². The molecular weight excluding hydrogens is 537 g/mol. The fourth-order valence-electron chi connectivity index (χ4n) is 4.16. The van der Waals surface area contributed by atoms with Crippen molar-refractivity contribution in [2.24, 2.45) is 0 Å². The molecule has 0 saturated carbocycles. The van der Waals surface area contributed by atoms with Gasteiger partial charge in [-0.05, 0) is 46.9 Å². The number of benzene rings is 3. The van der Waals surface area contributed by atoms with Crippen molar-refractivity contribution in [2.45, 2.75) is 44.8 Å². The van der Waals surface area contributed by atoms with Gasteiger partial charge in [-0.15, -0.1) is 0 Å². The number of amides is 1. The molecule has 34 heavy (non-hydrogen) atoms. The number of Topliss-reactive ketones (excluding diaryl/α,β-unsaturated/α-hetero) is 1. The lowest BCUT2D eigenvalue weighted by atomic mass is 9.85. The van der Waals surface area contributed by atoms with Crippen LogP contribution in [0.5, 0.6) is 0 Å². The minimum absolute atomic E-state index is 0.0458. The van der Waals surface area contributed by atoms with Crippen molar-refractivity contribution >= 4 is 56.5 Å². The first-order chi connectivity index (χ1) is 15.9. The van der Waals surface area contributed by atoms with Crippen LogP contribution < -0.4 is 4.90 Å². The smallest absolute Gasteiger partial charge is 0.264 e. The Morgan fingerprint density at radius 3 is 2.32 bits per heavy atom. The highest BCUT2D eigenvalue weighted by Crippen LogP contribution is 2.45. The topological polar surface area (TPSA) is 57.6 Å². The van der Waals surface area contributed by atoms with E-state index in [1.165, 1.54) is 4.90 Å². The largest absolute Gasteiger partial charge is 0.375 e. The summed E-state index contributed by atoms with van der Waals surface area (Å²) in [4.78, 5) is 28.2. The average molecular weight is 561 g/mol. The molecule has 1 aliphatic heterocycles. The second-order valence-corrected chi connectivity index (χ2v) is 11.3. The normalized spacial score (nSPS) is 17.7. The number of halogens is 3. The maximum Gasteiger partial charge on any atom is 0.264 e. The zero-order valence-electron chi connectivity index (χ0n) is 19.0. The van der Waals surface area contributed by atoms with E-state index in [1.54, 1.807) is 48.5 Å². The molecule has 0 aliphatic carbocycles. The van der Waals surface area contributed by atoms with Gasteiger partial charge in [-0.1, -0.05) is 90.2 Å². The fraction of sp³-hybridized carbons (Fsp3) is 0.259. The summed E-state index contributed by atoms with van der Waals surface area (Å²) in [5.41, 5.74) is 1.12. The standard InChI is InChI=1S/C27H24BrCl2NO3/c1-26(2,3)18-7-4-16(5-8-18)24(32)14-27(34)21-12-19(28)9-11-23(21)31(25(27)33)15-17-6-10-20(29)13-22(17)30/h4-13,34H,14-15H2,1-3H3/t27-/m1/s1. The molecule has 0 spiro atoms. The van der Waals surface area contributed by atoms with Crippen LogP contribution in [0, 0.1) is 0 Å². The van der Waals surface area contributed by atoms with E-state index in [4.69, 9.17) is 23.2 Å². The van der Waals surface area contributed by atoms with Gasteiger partial charge in [-0.3, -0.25) is 9.59 Å². The van der Waals surface area contributed by atoms with E-state index in [-0.39, 0.29) is 24.2 Å². The first-order valence-electron chi connectivity index (χ1n) is 10.8. The first kappa shape index (κ1) is 24.9. The van der Waals surface area contributed by atoms with E-state index in [0.29, 0.717) is 36.9 Å². The van der Waals surface area contributed by atoms with Crippen molar-refractivity contribution in [2.75, 3.05) is 4.90 Å². The maximum absolute atomic E-state index is 13.6. The summed E-state index contributed by atoms with van der Waals surface area (Å²) in [6.07, 6.45) is -0.366. The van der Waals surface area contributed by atoms with Crippen molar-refractivity contribution in [1.29, 1.82) is 0 Å². The summed E-state index contributed by atoms with van der Waals surface area (Å²) in [5, 5.41) is 12.5. The zero-order valence-corrected chi connectivity index (χ0v) is 22.1. The summed E-state index contributed by atoms with van der Waals surface area (Å²) in [6.45, 7) is 6.43. The van der Waals surface area contributed by atoms with Crippen molar-refractivity contribution in [1.82, 2.24) is 0 Å². The number of carbonyl (C=O) groups excluding carboxylic acids is 2. The van der Waals surface area contributed by atoms with E-state index in [1.807, 2.05) is 12.1 Å². The number of nitrogens with zero attached hydrogens (tertiary/aromatic N) is 1. The van der Waals surface area contributed by atoms with Gasteiger partial charge in [0.05, 0.1) is 18.7 Å². The summed E-state index contributed by atoms with van der Waals surface area (Å²) in [7, 11) is 0. The van der Waals surface area contributed by atoms with Crippen LogP contribution in [-0.2, 0) is 22.4 Å². The molecule has 176 valence electrons. The third-order valence-electron chi connectivity index (χ3n) is 6.13. The summed E-state index contributed by atoms with van der Waals surface area (Å²) < 4.78 is 0.700. The number of anilines is 1. The predicted octanol–water partition coefficient (Wildman–Crippen LogP) is 7.06. The molecule has 1 aliphatic rings. The highest BCUT2D eigenvalue weighted by atomic mass is 79.9. The highest BCUT2D eigenvalue weighted by Gasteiger charge is 2.51. The molecule has 1 atom stereocenters. The van der Waals surface area contributed by atoms with Crippen molar-refractivity contribution in [3.8, 4) is 0 Å². The fourth-order valence-corrected chi connectivity index (χ4v) is 4.99. The van der Waals surface area contributed by atoms with Gasteiger partial charge in [0.15, 0.2) is 11.4 Å². The molecule has 7 heteroatoms. The van der Waals surface area contributed by atoms with Gasteiger partial charge in [-0.25, -0.2) is 0 Å². The molecule has 3 aromatic rings. The summed E-state index contributed by atoms with van der Waals surface area (Å²) in [5.74, 6) is -0.875. The van der Waals surface area contributed by atoms with Crippen LogP contribution in [0.2, 0.25) is 10.0 Å². The second kappa shape index (κ2) is 9.12. The number of rotatable bonds is 5. The Kier molecular flexibility index (Phi) is 6.69. The molecule has 1 heterocycles.